The van der Waals surface area contributed by atoms with E-state index in [9.17, 15) is 4.39 Å². The maximum Gasteiger partial charge on any atom is 0.127 e. The van der Waals surface area contributed by atoms with Crippen LogP contribution in [0.25, 0.3) is 0 Å². The van der Waals surface area contributed by atoms with Gasteiger partial charge in [0.2, 0.25) is 0 Å². The molecule has 0 aliphatic carbocycles. The van der Waals surface area contributed by atoms with Crippen molar-refractivity contribution < 1.29 is 4.39 Å². The summed E-state index contributed by atoms with van der Waals surface area (Å²) in [5, 5.41) is 3.37. The van der Waals surface area contributed by atoms with E-state index in [1.807, 2.05) is 17.8 Å². The Balaban J connectivity index is 1.79. The van der Waals surface area contributed by atoms with Crippen LogP contribution in [0.4, 0.5) is 4.39 Å². The maximum absolute atomic E-state index is 13.5. The minimum absolute atomic E-state index is 0.125. The summed E-state index contributed by atoms with van der Waals surface area (Å²) in [7, 11) is 0. The van der Waals surface area contributed by atoms with Crippen molar-refractivity contribution >= 4 is 27.7 Å². The molecule has 1 nitrogen and oxygen atoms in total. The van der Waals surface area contributed by atoms with Crippen molar-refractivity contribution in [3.05, 3.63) is 34.1 Å². The highest BCUT2D eigenvalue weighted by Gasteiger charge is 2.13. The van der Waals surface area contributed by atoms with E-state index in [0.29, 0.717) is 6.54 Å². The molecule has 1 fully saturated rings. The Labute approximate surface area is 115 Å². The fraction of sp³-hybridized carbons (Fsp3) is 0.538. The van der Waals surface area contributed by atoms with Crippen LogP contribution < -0.4 is 5.32 Å². The van der Waals surface area contributed by atoms with Gasteiger partial charge in [-0.3, -0.25) is 0 Å². The predicted octanol–water partition coefficient (Wildman–Crippen LogP) is 3.82. The molecule has 17 heavy (non-hydrogen) atoms. The van der Waals surface area contributed by atoms with Crippen molar-refractivity contribution in [2.45, 2.75) is 19.4 Å². The zero-order chi connectivity index (χ0) is 12.1. The molecule has 0 saturated carbocycles. The first-order chi connectivity index (χ1) is 8.25. The van der Waals surface area contributed by atoms with Gasteiger partial charge in [-0.1, -0.05) is 15.9 Å². The van der Waals surface area contributed by atoms with E-state index >= 15 is 0 Å². The number of halogens is 2. The Bertz CT molecular complexity index is 366. The van der Waals surface area contributed by atoms with E-state index in [0.717, 1.165) is 22.5 Å². The third-order valence-electron chi connectivity index (χ3n) is 3.10. The van der Waals surface area contributed by atoms with E-state index in [-0.39, 0.29) is 5.82 Å². The second kappa shape index (κ2) is 6.76. The summed E-state index contributed by atoms with van der Waals surface area (Å²) in [5.41, 5.74) is 0.740. The van der Waals surface area contributed by atoms with Gasteiger partial charge in [0.15, 0.2) is 0 Å². The van der Waals surface area contributed by atoms with Gasteiger partial charge in [-0.25, -0.2) is 4.39 Å². The van der Waals surface area contributed by atoms with Crippen LogP contribution in [0.5, 0.6) is 0 Å². The second-order valence-electron chi connectivity index (χ2n) is 4.42. The van der Waals surface area contributed by atoms with Crippen molar-refractivity contribution in [2.24, 2.45) is 5.92 Å². The molecule has 0 amide bonds. The van der Waals surface area contributed by atoms with Gasteiger partial charge in [-0.15, -0.1) is 0 Å². The number of thioether (sulfide) groups is 1. The predicted molar refractivity (Wildman–Crippen MR) is 75.9 cm³/mol. The molecular weight excluding hydrogens is 301 g/mol. The van der Waals surface area contributed by atoms with Crippen molar-refractivity contribution in [2.75, 3.05) is 18.1 Å². The molecule has 0 unspecified atom stereocenters. The molecule has 0 atom stereocenters. The van der Waals surface area contributed by atoms with Gasteiger partial charge in [0.05, 0.1) is 0 Å². The number of nitrogens with one attached hydrogen (secondary N) is 1. The minimum atomic E-state index is -0.125. The van der Waals surface area contributed by atoms with E-state index in [4.69, 9.17) is 0 Å². The normalized spacial score (nSPS) is 17.3. The maximum atomic E-state index is 13.5. The molecule has 4 heteroatoms. The molecule has 0 spiro atoms. The third kappa shape index (κ3) is 4.27. The molecule has 0 aromatic heterocycles. The molecule has 1 N–H and O–H groups in total. The molecule has 1 heterocycles. The number of hydrogen-bond donors (Lipinski definition) is 1. The summed E-state index contributed by atoms with van der Waals surface area (Å²) in [6, 6.07) is 5.09. The highest BCUT2D eigenvalue weighted by molar-refractivity contribution is 9.10. The molecule has 1 saturated heterocycles. The molecule has 0 bridgehead atoms. The second-order valence-corrected chi connectivity index (χ2v) is 6.56. The largest absolute Gasteiger partial charge is 0.312 e. The number of benzene rings is 1. The zero-order valence-electron chi connectivity index (χ0n) is 9.72. The summed E-state index contributed by atoms with van der Waals surface area (Å²) in [4.78, 5) is 0. The number of rotatable bonds is 4. The lowest BCUT2D eigenvalue weighted by Crippen LogP contribution is -2.25. The average molecular weight is 318 g/mol. The first-order valence-corrected chi connectivity index (χ1v) is 7.93. The lowest BCUT2D eigenvalue weighted by molar-refractivity contribution is 0.444. The molecule has 1 aromatic carbocycles. The van der Waals surface area contributed by atoms with Gasteiger partial charge in [0.1, 0.15) is 5.82 Å². The van der Waals surface area contributed by atoms with Crippen molar-refractivity contribution in [1.29, 1.82) is 0 Å². The lowest BCUT2D eigenvalue weighted by Gasteiger charge is -2.21. The molecule has 2 rings (SSSR count). The standard InChI is InChI=1S/C13H17BrFNS/c14-12-1-2-13(15)11(7-12)9-16-8-10-3-5-17-6-4-10/h1-2,7,10,16H,3-6,8-9H2. The van der Waals surface area contributed by atoms with Crippen LogP contribution in [0.1, 0.15) is 18.4 Å². The van der Waals surface area contributed by atoms with Gasteiger partial charge in [0.25, 0.3) is 0 Å². The van der Waals surface area contributed by atoms with Gasteiger partial charge in [-0.05, 0) is 55.0 Å². The van der Waals surface area contributed by atoms with E-state index in [1.54, 1.807) is 6.07 Å². The summed E-state index contributed by atoms with van der Waals surface area (Å²) < 4.78 is 14.4. The van der Waals surface area contributed by atoms with Crippen LogP contribution in [0.2, 0.25) is 0 Å². The highest BCUT2D eigenvalue weighted by atomic mass is 79.9. The van der Waals surface area contributed by atoms with E-state index in [1.165, 1.54) is 30.4 Å². The molecule has 1 aliphatic heterocycles. The van der Waals surface area contributed by atoms with Crippen LogP contribution in [-0.2, 0) is 6.54 Å². The molecule has 1 aromatic rings. The van der Waals surface area contributed by atoms with Gasteiger partial charge in [-0.2, -0.15) is 11.8 Å². The Hall–Kier alpha value is -0.0600. The first kappa shape index (κ1) is 13.4. The molecule has 0 radical (unpaired) electrons. The zero-order valence-corrected chi connectivity index (χ0v) is 12.1. The summed E-state index contributed by atoms with van der Waals surface area (Å²) in [6.45, 7) is 1.63. The Morgan fingerprint density at radius 3 is 2.88 bits per heavy atom. The van der Waals surface area contributed by atoms with Crippen LogP contribution in [0.3, 0.4) is 0 Å². The smallest absolute Gasteiger partial charge is 0.127 e. The molecular formula is C13H17BrFNS. The lowest BCUT2D eigenvalue weighted by atomic mass is 10.0. The Kier molecular flexibility index (Phi) is 5.32. The number of hydrogen-bond acceptors (Lipinski definition) is 2. The monoisotopic (exact) mass is 317 g/mol. The van der Waals surface area contributed by atoms with Crippen LogP contribution in [0, 0.1) is 11.7 Å². The fourth-order valence-electron chi connectivity index (χ4n) is 2.04. The summed E-state index contributed by atoms with van der Waals surface area (Å²) in [5.74, 6) is 3.20. The SMILES string of the molecule is Fc1ccc(Br)cc1CNCC1CCSCC1. The Morgan fingerprint density at radius 2 is 2.12 bits per heavy atom. The van der Waals surface area contributed by atoms with Crippen molar-refractivity contribution in [3.8, 4) is 0 Å². The van der Waals surface area contributed by atoms with Crippen LogP contribution >= 0.6 is 27.7 Å². The van der Waals surface area contributed by atoms with Crippen molar-refractivity contribution in [3.63, 3.8) is 0 Å². The third-order valence-corrected chi connectivity index (χ3v) is 4.64. The van der Waals surface area contributed by atoms with Gasteiger partial charge < -0.3 is 5.32 Å². The first-order valence-electron chi connectivity index (χ1n) is 5.98. The van der Waals surface area contributed by atoms with Gasteiger partial charge >= 0.3 is 0 Å². The van der Waals surface area contributed by atoms with E-state index < -0.39 is 0 Å². The molecule has 1 aliphatic rings. The quantitative estimate of drug-likeness (QED) is 0.906. The van der Waals surface area contributed by atoms with Crippen LogP contribution in [-0.4, -0.2) is 18.1 Å². The highest BCUT2D eigenvalue weighted by Crippen LogP contribution is 2.22. The summed E-state index contributed by atoms with van der Waals surface area (Å²) in [6.07, 6.45) is 2.58. The van der Waals surface area contributed by atoms with Gasteiger partial charge in [0, 0.05) is 16.6 Å². The summed E-state index contributed by atoms with van der Waals surface area (Å²) >= 11 is 5.41. The van der Waals surface area contributed by atoms with Crippen molar-refractivity contribution in [1.82, 2.24) is 5.32 Å². The van der Waals surface area contributed by atoms with E-state index in [2.05, 4.69) is 21.2 Å². The average Bonchev–Trinajstić information content (AvgIpc) is 2.35. The Morgan fingerprint density at radius 1 is 1.35 bits per heavy atom. The van der Waals surface area contributed by atoms with Crippen LogP contribution in [0.15, 0.2) is 22.7 Å². The fourth-order valence-corrected chi connectivity index (χ4v) is 3.65. The minimum Gasteiger partial charge on any atom is -0.312 e. The topological polar surface area (TPSA) is 12.0 Å². The molecule has 94 valence electrons.